The van der Waals surface area contributed by atoms with E-state index in [4.69, 9.17) is 4.43 Å². The third-order valence-corrected chi connectivity index (χ3v) is 11.5. The summed E-state index contributed by atoms with van der Waals surface area (Å²) in [6, 6.07) is 11.8. The van der Waals surface area contributed by atoms with Gasteiger partial charge in [0.05, 0.1) is 16.8 Å². The first-order chi connectivity index (χ1) is 17.9. The summed E-state index contributed by atoms with van der Waals surface area (Å²) < 4.78 is 60.3. The van der Waals surface area contributed by atoms with Crippen LogP contribution in [0.5, 0.6) is 0 Å². The molecule has 39 heavy (non-hydrogen) atoms. The van der Waals surface area contributed by atoms with Gasteiger partial charge in [-0.2, -0.15) is 17.6 Å². The smallest absolute Gasteiger partial charge is 0.407 e. The van der Waals surface area contributed by atoms with Gasteiger partial charge in [-0.25, -0.2) is 4.98 Å². The SMILES string of the molecule is Cc1ccc(NC(=O)c2cccc(C(F)(F)F)c2)cc1-c1ccc(C(=O)[C@H](C)O[Si](C)(C)C(C)(C)C)c(F)n1. The average molecular weight is 561 g/mol. The number of hydrogen-bond acceptors (Lipinski definition) is 4. The molecule has 0 aliphatic carbocycles. The maximum Gasteiger partial charge on any atom is 0.416 e. The second kappa shape index (κ2) is 11.0. The number of amides is 1. The van der Waals surface area contributed by atoms with Gasteiger partial charge < -0.3 is 9.74 Å². The van der Waals surface area contributed by atoms with E-state index in [9.17, 15) is 22.8 Å². The Hall–Kier alpha value is -3.37. The van der Waals surface area contributed by atoms with Gasteiger partial charge in [0, 0.05) is 16.8 Å². The lowest BCUT2D eigenvalue weighted by molar-refractivity contribution is -0.137. The van der Waals surface area contributed by atoms with Crippen LogP contribution in [0.4, 0.5) is 23.2 Å². The minimum Gasteiger partial charge on any atom is -0.407 e. The molecule has 3 rings (SSSR count). The monoisotopic (exact) mass is 560 g/mol. The van der Waals surface area contributed by atoms with Crippen molar-refractivity contribution in [2.75, 3.05) is 5.32 Å². The number of halogens is 4. The number of aryl methyl sites for hydroxylation is 1. The first-order valence-corrected chi connectivity index (χ1v) is 15.3. The highest BCUT2D eigenvalue weighted by molar-refractivity contribution is 6.74. The molecule has 0 spiro atoms. The third-order valence-electron chi connectivity index (χ3n) is 6.98. The largest absolute Gasteiger partial charge is 0.416 e. The Morgan fingerprint density at radius 1 is 1.00 bits per heavy atom. The number of aromatic nitrogens is 1. The van der Waals surface area contributed by atoms with Crippen LogP contribution in [0.15, 0.2) is 54.6 Å². The van der Waals surface area contributed by atoms with Crippen LogP contribution in [0.2, 0.25) is 18.1 Å². The Morgan fingerprint density at radius 2 is 1.67 bits per heavy atom. The molecule has 0 saturated heterocycles. The highest BCUT2D eigenvalue weighted by atomic mass is 28.4. The van der Waals surface area contributed by atoms with Crippen LogP contribution in [0.1, 0.15) is 59.5 Å². The van der Waals surface area contributed by atoms with Crippen LogP contribution in [0, 0.1) is 12.9 Å². The van der Waals surface area contributed by atoms with Crippen molar-refractivity contribution in [3.8, 4) is 11.3 Å². The minimum atomic E-state index is -4.58. The van der Waals surface area contributed by atoms with Crippen LogP contribution in [-0.2, 0) is 10.6 Å². The van der Waals surface area contributed by atoms with E-state index in [0.717, 1.165) is 18.2 Å². The van der Waals surface area contributed by atoms with Gasteiger partial charge in [0.25, 0.3) is 5.91 Å². The van der Waals surface area contributed by atoms with Crippen LogP contribution >= 0.6 is 0 Å². The average Bonchev–Trinajstić information content (AvgIpc) is 2.83. The van der Waals surface area contributed by atoms with Crippen molar-refractivity contribution in [2.24, 2.45) is 0 Å². The lowest BCUT2D eigenvalue weighted by Gasteiger charge is -2.38. The van der Waals surface area contributed by atoms with E-state index in [2.05, 4.69) is 10.3 Å². The molecule has 0 saturated carbocycles. The minimum absolute atomic E-state index is 0.124. The zero-order valence-corrected chi connectivity index (χ0v) is 24.0. The number of pyridine rings is 1. The summed E-state index contributed by atoms with van der Waals surface area (Å²) in [5.41, 5.74) is 0.446. The van der Waals surface area contributed by atoms with E-state index in [1.807, 2.05) is 33.9 Å². The summed E-state index contributed by atoms with van der Waals surface area (Å²) in [7, 11) is -2.26. The summed E-state index contributed by atoms with van der Waals surface area (Å²) >= 11 is 0. The van der Waals surface area contributed by atoms with Crippen LogP contribution in [0.3, 0.4) is 0 Å². The van der Waals surface area contributed by atoms with E-state index in [0.29, 0.717) is 11.1 Å². The number of carbonyl (C=O) groups is 2. The number of benzene rings is 2. The van der Waals surface area contributed by atoms with E-state index in [-0.39, 0.29) is 27.5 Å². The fourth-order valence-corrected chi connectivity index (χ4v) is 5.02. The molecule has 0 aliphatic rings. The molecule has 0 unspecified atom stereocenters. The molecule has 1 atom stereocenters. The standard InChI is InChI=1S/C29H32F4N2O3Si/c1-17-11-12-21(34-27(37)19-9-8-10-20(15-19)29(31,32)33)16-23(17)24-14-13-22(26(30)35-24)25(36)18(2)38-39(6,7)28(3,4)5/h8-16,18H,1-7H3,(H,34,37)/t18-/m0/s1. The zero-order valence-electron chi connectivity index (χ0n) is 23.0. The van der Waals surface area contributed by atoms with E-state index >= 15 is 4.39 Å². The fraction of sp³-hybridized carbons (Fsp3) is 0.345. The summed E-state index contributed by atoms with van der Waals surface area (Å²) in [5.74, 6) is -2.18. The van der Waals surface area contributed by atoms with Gasteiger partial charge in [0.1, 0.15) is 6.10 Å². The molecule has 0 radical (unpaired) electrons. The molecule has 3 aromatic rings. The molecule has 1 amide bonds. The molecule has 1 N–H and O–H groups in total. The first kappa shape index (κ1) is 30.2. The molecule has 5 nitrogen and oxygen atoms in total. The zero-order chi connectivity index (χ0) is 29.3. The number of carbonyl (C=O) groups excluding carboxylic acids is 2. The van der Waals surface area contributed by atoms with Crippen molar-refractivity contribution < 1.29 is 31.6 Å². The molecule has 0 aliphatic heterocycles. The van der Waals surface area contributed by atoms with Crippen molar-refractivity contribution in [1.29, 1.82) is 0 Å². The Morgan fingerprint density at radius 3 is 2.26 bits per heavy atom. The maximum absolute atomic E-state index is 15.1. The first-order valence-electron chi connectivity index (χ1n) is 12.4. The number of nitrogens with zero attached hydrogens (tertiary/aromatic N) is 1. The topological polar surface area (TPSA) is 68.3 Å². The quantitative estimate of drug-likeness (QED) is 0.137. The van der Waals surface area contributed by atoms with Crippen molar-refractivity contribution in [2.45, 2.75) is 65.0 Å². The van der Waals surface area contributed by atoms with E-state index in [1.165, 1.54) is 18.2 Å². The van der Waals surface area contributed by atoms with Crippen molar-refractivity contribution in [3.05, 3.63) is 82.8 Å². The molecule has 10 heteroatoms. The Bertz CT molecular complexity index is 1400. The van der Waals surface area contributed by atoms with Gasteiger partial charge in [0.2, 0.25) is 5.95 Å². The highest BCUT2D eigenvalue weighted by Gasteiger charge is 2.40. The molecule has 208 valence electrons. The maximum atomic E-state index is 15.1. The summed E-state index contributed by atoms with van der Waals surface area (Å²) in [5, 5.41) is 2.45. The van der Waals surface area contributed by atoms with Crippen molar-refractivity contribution in [3.63, 3.8) is 0 Å². The predicted molar refractivity (Wildman–Crippen MR) is 146 cm³/mol. The normalized spacial score (nSPS) is 13.2. The molecule has 1 heterocycles. The molecule has 1 aromatic heterocycles. The number of rotatable bonds is 7. The lowest BCUT2D eigenvalue weighted by atomic mass is 10.0. The van der Waals surface area contributed by atoms with Crippen LogP contribution in [0.25, 0.3) is 11.3 Å². The summed E-state index contributed by atoms with van der Waals surface area (Å²) in [4.78, 5) is 29.6. The van der Waals surface area contributed by atoms with Gasteiger partial charge >= 0.3 is 6.18 Å². The van der Waals surface area contributed by atoms with Gasteiger partial charge in [-0.05, 0) is 80.0 Å². The van der Waals surface area contributed by atoms with Crippen molar-refractivity contribution >= 4 is 25.7 Å². The Labute approximate surface area is 226 Å². The summed E-state index contributed by atoms with van der Waals surface area (Å²) in [6.07, 6.45) is -5.42. The fourth-order valence-electron chi connectivity index (χ4n) is 3.68. The Kier molecular flexibility index (Phi) is 8.52. The van der Waals surface area contributed by atoms with Crippen LogP contribution < -0.4 is 5.32 Å². The number of alkyl halides is 3. The van der Waals surface area contributed by atoms with Crippen LogP contribution in [-0.4, -0.2) is 31.1 Å². The lowest BCUT2D eigenvalue weighted by Crippen LogP contribution is -2.45. The molecule has 0 fully saturated rings. The van der Waals surface area contributed by atoms with Crippen molar-refractivity contribution in [1.82, 2.24) is 4.98 Å². The van der Waals surface area contributed by atoms with E-state index < -0.39 is 43.8 Å². The number of nitrogens with one attached hydrogen (secondary N) is 1. The van der Waals surface area contributed by atoms with Gasteiger partial charge in [0.15, 0.2) is 14.1 Å². The van der Waals surface area contributed by atoms with Gasteiger partial charge in [-0.1, -0.05) is 32.9 Å². The van der Waals surface area contributed by atoms with Gasteiger partial charge in [-0.3, -0.25) is 9.59 Å². The molecular formula is C29H32F4N2O3Si. The second-order valence-electron chi connectivity index (χ2n) is 11.0. The third kappa shape index (κ3) is 6.99. The second-order valence-corrected chi connectivity index (χ2v) is 15.7. The number of Topliss-reactive ketones (excluding diaryl/α,β-unsaturated/α-hetero) is 1. The van der Waals surface area contributed by atoms with E-state index in [1.54, 1.807) is 32.0 Å². The van der Waals surface area contributed by atoms with Gasteiger partial charge in [-0.15, -0.1) is 0 Å². The highest BCUT2D eigenvalue weighted by Crippen LogP contribution is 2.38. The molecule has 0 bridgehead atoms. The Balaban J connectivity index is 1.84. The molecule has 2 aromatic carbocycles. The predicted octanol–water partition coefficient (Wildman–Crippen LogP) is 8.06. The summed E-state index contributed by atoms with van der Waals surface area (Å²) in [6.45, 7) is 13.5. The number of ketones is 1. The number of hydrogen-bond donors (Lipinski definition) is 1. The molecular weight excluding hydrogens is 528 g/mol. The number of anilines is 1.